The van der Waals surface area contributed by atoms with E-state index >= 15 is 0 Å². The van der Waals surface area contributed by atoms with Gasteiger partial charge in [0.25, 0.3) is 0 Å². The minimum Gasteiger partial charge on any atom is -0.383 e. The molecule has 1 rings (SSSR count). The topological polar surface area (TPSA) is 47.0 Å². The quantitative estimate of drug-likeness (QED) is 0.806. The lowest BCUT2D eigenvalue weighted by atomic mass is 10.2. The lowest BCUT2D eigenvalue weighted by molar-refractivity contribution is 0.184. The Morgan fingerprint density at radius 2 is 2.00 bits per heavy atom. The Balaban J connectivity index is 2.99. The molecule has 1 N–H and O–H groups in total. The number of halogens is 1. The van der Waals surface area contributed by atoms with E-state index < -0.39 is 0 Å². The maximum atomic E-state index is 6.14. The van der Waals surface area contributed by atoms with Crippen molar-refractivity contribution in [2.45, 2.75) is 46.1 Å². The second kappa shape index (κ2) is 6.90. The molecule has 1 atom stereocenters. The minimum absolute atomic E-state index is 0.236. The zero-order valence-corrected chi connectivity index (χ0v) is 12.5. The highest BCUT2D eigenvalue weighted by Crippen LogP contribution is 2.23. The van der Waals surface area contributed by atoms with Gasteiger partial charge >= 0.3 is 0 Å². The number of nitrogens with one attached hydrogen (secondary N) is 1. The Labute approximate surface area is 114 Å². The van der Waals surface area contributed by atoms with Gasteiger partial charge in [-0.1, -0.05) is 32.4 Å². The summed E-state index contributed by atoms with van der Waals surface area (Å²) in [6.07, 6.45) is 0.964. The maximum Gasteiger partial charge on any atom is 0.137 e. The first-order valence-electron chi connectivity index (χ1n) is 6.29. The van der Waals surface area contributed by atoms with Crippen molar-refractivity contribution in [1.82, 2.24) is 9.97 Å². The summed E-state index contributed by atoms with van der Waals surface area (Å²) in [5.41, 5.74) is 0.885. The summed E-state index contributed by atoms with van der Waals surface area (Å²) in [7, 11) is 1.70. The Hall–Kier alpha value is -0.870. The monoisotopic (exact) mass is 271 g/mol. The van der Waals surface area contributed by atoms with Gasteiger partial charge in [0.05, 0.1) is 12.6 Å². The average molecular weight is 272 g/mol. The van der Waals surface area contributed by atoms with E-state index in [1.54, 1.807) is 7.11 Å². The number of aromatic nitrogens is 2. The third-order valence-electron chi connectivity index (χ3n) is 2.82. The Kier molecular flexibility index (Phi) is 5.82. The van der Waals surface area contributed by atoms with Crippen LogP contribution >= 0.6 is 11.6 Å². The molecule has 5 heteroatoms. The van der Waals surface area contributed by atoms with E-state index in [0.29, 0.717) is 11.8 Å². The molecule has 0 spiro atoms. The largest absolute Gasteiger partial charge is 0.383 e. The third-order valence-corrected chi connectivity index (χ3v) is 3.19. The summed E-state index contributed by atoms with van der Waals surface area (Å²) in [4.78, 5) is 8.84. The molecule has 1 aromatic rings. The standard InChI is InChI=1S/C13H22ClN3O/c1-6-10(7-18-5)15-13-9(4)11(14)16-12(17-13)8(2)3/h8,10H,6-7H2,1-5H3,(H,15,16,17). The molecule has 1 unspecified atom stereocenters. The summed E-state index contributed by atoms with van der Waals surface area (Å²) < 4.78 is 5.18. The van der Waals surface area contributed by atoms with Crippen LogP contribution in [0.4, 0.5) is 5.82 Å². The van der Waals surface area contributed by atoms with Gasteiger partial charge in [0, 0.05) is 18.6 Å². The Morgan fingerprint density at radius 1 is 1.33 bits per heavy atom. The lowest BCUT2D eigenvalue weighted by Gasteiger charge is -2.19. The molecule has 102 valence electrons. The molecule has 0 aliphatic rings. The van der Waals surface area contributed by atoms with Crippen molar-refractivity contribution in [2.75, 3.05) is 19.0 Å². The van der Waals surface area contributed by atoms with Gasteiger partial charge in [0.2, 0.25) is 0 Å². The number of nitrogens with zero attached hydrogens (tertiary/aromatic N) is 2. The SMILES string of the molecule is CCC(COC)Nc1nc(C(C)C)nc(Cl)c1C. The van der Waals surface area contributed by atoms with E-state index in [4.69, 9.17) is 16.3 Å². The van der Waals surface area contributed by atoms with E-state index in [-0.39, 0.29) is 12.0 Å². The third kappa shape index (κ3) is 3.82. The van der Waals surface area contributed by atoms with Gasteiger partial charge in [-0.2, -0.15) is 0 Å². The van der Waals surface area contributed by atoms with Gasteiger partial charge in [0.15, 0.2) is 0 Å². The van der Waals surface area contributed by atoms with Gasteiger partial charge in [-0.25, -0.2) is 9.97 Å². The van der Waals surface area contributed by atoms with Crippen LogP contribution in [0.15, 0.2) is 0 Å². The number of methoxy groups -OCH3 is 1. The van der Waals surface area contributed by atoms with Crippen molar-refractivity contribution in [3.8, 4) is 0 Å². The molecule has 0 radical (unpaired) electrons. The van der Waals surface area contributed by atoms with Crippen molar-refractivity contribution in [2.24, 2.45) is 0 Å². The molecule has 4 nitrogen and oxygen atoms in total. The fraction of sp³-hybridized carbons (Fsp3) is 0.692. The maximum absolute atomic E-state index is 6.14. The van der Waals surface area contributed by atoms with Crippen molar-refractivity contribution < 1.29 is 4.74 Å². The molecule has 0 aromatic carbocycles. The smallest absolute Gasteiger partial charge is 0.137 e. The first-order valence-corrected chi connectivity index (χ1v) is 6.66. The molecule has 0 amide bonds. The van der Waals surface area contributed by atoms with Crippen LogP contribution in [0, 0.1) is 6.92 Å². The fourth-order valence-electron chi connectivity index (χ4n) is 1.56. The van der Waals surface area contributed by atoms with Gasteiger partial charge in [0.1, 0.15) is 16.8 Å². The van der Waals surface area contributed by atoms with Gasteiger partial charge in [-0.05, 0) is 13.3 Å². The van der Waals surface area contributed by atoms with Crippen molar-refractivity contribution in [1.29, 1.82) is 0 Å². The van der Waals surface area contributed by atoms with Crippen molar-refractivity contribution in [3.63, 3.8) is 0 Å². The molecule has 0 bridgehead atoms. The second-order valence-corrected chi connectivity index (χ2v) is 5.06. The van der Waals surface area contributed by atoms with Crippen LogP contribution in [0.25, 0.3) is 0 Å². The summed E-state index contributed by atoms with van der Waals surface area (Å²) in [5.74, 6) is 1.83. The van der Waals surface area contributed by atoms with Crippen molar-refractivity contribution >= 4 is 17.4 Å². The number of ether oxygens (including phenoxy) is 1. The Morgan fingerprint density at radius 3 is 2.50 bits per heavy atom. The van der Waals surface area contributed by atoms with Gasteiger partial charge in [-0.15, -0.1) is 0 Å². The zero-order valence-electron chi connectivity index (χ0n) is 11.7. The highest BCUT2D eigenvalue weighted by Gasteiger charge is 2.14. The molecule has 1 heterocycles. The van der Waals surface area contributed by atoms with Gasteiger partial charge < -0.3 is 10.1 Å². The molecular weight excluding hydrogens is 250 g/mol. The molecule has 18 heavy (non-hydrogen) atoms. The number of anilines is 1. The molecule has 0 aliphatic carbocycles. The van der Waals surface area contributed by atoms with E-state index in [1.165, 1.54) is 0 Å². The lowest BCUT2D eigenvalue weighted by Crippen LogP contribution is -2.25. The molecule has 1 aromatic heterocycles. The zero-order chi connectivity index (χ0) is 13.7. The van der Waals surface area contributed by atoms with E-state index in [9.17, 15) is 0 Å². The first-order chi connectivity index (χ1) is 8.49. The summed E-state index contributed by atoms with van der Waals surface area (Å²) in [6.45, 7) is 8.79. The number of hydrogen-bond donors (Lipinski definition) is 1. The van der Waals surface area contributed by atoms with Crippen LogP contribution in [0.3, 0.4) is 0 Å². The van der Waals surface area contributed by atoms with Crippen LogP contribution in [-0.4, -0.2) is 29.7 Å². The molecule has 0 aliphatic heterocycles. The van der Waals surface area contributed by atoms with Crippen LogP contribution in [0.1, 0.15) is 44.5 Å². The van der Waals surface area contributed by atoms with E-state index in [2.05, 4.69) is 36.1 Å². The predicted octanol–water partition coefficient (Wildman–Crippen LogP) is 3.40. The molecule has 0 saturated heterocycles. The normalized spacial score (nSPS) is 12.8. The van der Waals surface area contributed by atoms with Crippen LogP contribution in [0.2, 0.25) is 5.15 Å². The summed E-state index contributed by atoms with van der Waals surface area (Å²) >= 11 is 6.14. The first kappa shape index (κ1) is 15.2. The minimum atomic E-state index is 0.236. The van der Waals surface area contributed by atoms with Gasteiger partial charge in [-0.3, -0.25) is 0 Å². The molecular formula is C13H22ClN3O. The number of rotatable bonds is 6. The fourth-order valence-corrected chi connectivity index (χ4v) is 1.74. The highest BCUT2D eigenvalue weighted by molar-refractivity contribution is 6.30. The average Bonchev–Trinajstić information content (AvgIpc) is 2.33. The van der Waals surface area contributed by atoms with Crippen LogP contribution in [-0.2, 0) is 4.74 Å². The predicted molar refractivity (Wildman–Crippen MR) is 75.4 cm³/mol. The summed E-state index contributed by atoms with van der Waals surface area (Å²) in [5, 5.41) is 3.89. The van der Waals surface area contributed by atoms with Crippen LogP contribution < -0.4 is 5.32 Å². The van der Waals surface area contributed by atoms with Crippen molar-refractivity contribution in [3.05, 3.63) is 16.5 Å². The highest BCUT2D eigenvalue weighted by atomic mass is 35.5. The number of hydrogen-bond acceptors (Lipinski definition) is 4. The summed E-state index contributed by atoms with van der Waals surface area (Å²) in [6, 6.07) is 0.236. The molecule has 0 saturated carbocycles. The Bertz CT molecular complexity index is 396. The van der Waals surface area contributed by atoms with E-state index in [1.807, 2.05) is 6.92 Å². The van der Waals surface area contributed by atoms with E-state index in [0.717, 1.165) is 23.6 Å². The second-order valence-electron chi connectivity index (χ2n) is 4.71. The van der Waals surface area contributed by atoms with Crippen LogP contribution in [0.5, 0.6) is 0 Å². The molecule has 0 fully saturated rings.